The second kappa shape index (κ2) is 13.8. The summed E-state index contributed by atoms with van der Waals surface area (Å²) in [6.07, 6.45) is 5.17. The third kappa shape index (κ3) is 9.31. The molecule has 2 rings (SSSR count). The topological polar surface area (TPSA) is 154 Å². The van der Waals surface area contributed by atoms with Gasteiger partial charge in [0.05, 0.1) is 23.0 Å². The Balaban J connectivity index is 0.000000482. The number of nitrogens with two attached hydrogens (primary N) is 2. The lowest BCUT2D eigenvalue weighted by molar-refractivity contribution is -0.140. The standard InChI is InChI=1S/C15H16Cl3N3O2.C4H8N2O3/c1-2-4-20(15(22)21-5-3-19-10-21)6-7-23-14-12(17)8-11(16)9-13(14)18;5-2(4(8)9)1-3(6)7/h3,5,8-10H,2,4,6-7H2,1H3;2H,1,5H2,(H2,6,7)(H,8,9). The van der Waals surface area contributed by atoms with Gasteiger partial charge in [0.2, 0.25) is 5.91 Å². The van der Waals surface area contributed by atoms with E-state index >= 15 is 0 Å². The highest BCUT2D eigenvalue weighted by atomic mass is 35.5. The van der Waals surface area contributed by atoms with Crippen molar-refractivity contribution in [2.75, 3.05) is 19.7 Å². The van der Waals surface area contributed by atoms with E-state index in [4.69, 9.17) is 50.4 Å². The van der Waals surface area contributed by atoms with Crippen LogP contribution in [0.2, 0.25) is 15.1 Å². The maximum absolute atomic E-state index is 12.3. The van der Waals surface area contributed by atoms with E-state index in [1.165, 1.54) is 10.9 Å². The number of carboxylic acid groups (broad SMARTS) is 1. The first-order valence-corrected chi connectivity index (χ1v) is 10.5. The summed E-state index contributed by atoms with van der Waals surface area (Å²) in [5.74, 6) is -1.55. The van der Waals surface area contributed by atoms with E-state index in [1.54, 1.807) is 29.4 Å². The first-order valence-electron chi connectivity index (χ1n) is 9.38. The van der Waals surface area contributed by atoms with E-state index in [2.05, 4.69) is 10.7 Å². The van der Waals surface area contributed by atoms with E-state index in [0.717, 1.165) is 6.42 Å². The third-order valence-corrected chi connectivity index (χ3v) is 4.58. The number of benzene rings is 1. The van der Waals surface area contributed by atoms with Gasteiger partial charge < -0.3 is 26.2 Å². The van der Waals surface area contributed by atoms with Crippen LogP contribution in [-0.4, -0.2) is 63.2 Å². The van der Waals surface area contributed by atoms with Gasteiger partial charge in [-0.1, -0.05) is 41.7 Å². The van der Waals surface area contributed by atoms with Gasteiger partial charge in [0.15, 0.2) is 5.75 Å². The SMILES string of the molecule is CCCN(CCOc1c(Cl)cc(Cl)cc1Cl)C(=O)n1ccnc1.NC(=O)CC(N)C(=O)O. The summed E-state index contributed by atoms with van der Waals surface area (Å²) in [5.41, 5.74) is 9.57. The second-order valence-corrected chi connectivity index (χ2v) is 7.65. The lowest BCUT2D eigenvalue weighted by atomic mass is 10.2. The van der Waals surface area contributed by atoms with E-state index in [-0.39, 0.29) is 19.1 Å². The Kier molecular flexibility index (Phi) is 11.9. The van der Waals surface area contributed by atoms with Gasteiger partial charge in [-0.05, 0) is 18.6 Å². The Morgan fingerprint density at radius 2 is 1.84 bits per heavy atom. The van der Waals surface area contributed by atoms with E-state index in [0.29, 0.717) is 33.9 Å². The van der Waals surface area contributed by atoms with Crippen LogP contribution in [0.3, 0.4) is 0 Å². The van der Waals surface area contributed by atoms with Gasteiger partial charge in [-0.2, -0.15) is 0 Å². The van der Waals surface area contributed by atoms with Gasteiger partial charge in [0.1, 0.15) is 19.0 Å². The fraction of sp³-hybridized carbons (Fsp3) is 0.368. The molecule has 13 heteroatoms. The molecule has 1 unspecified atom stereocenters. The number of carbonyl (C=O) groups excluding carboxylic acids is 2. The first-order chi connectivity index (χ1) is 15.1. The Hall–Kier alpha value is -2.53. The molecule has 0 saturated carbocycles. The third-order valence-electron chi connectivity index (χ3n) is 3.80. The van der Waals surface area contributed by atoms with Crippen LogP contribution in [0.4, 0.5) is 4.79 Å². The van der Waals surface area contributed by atoms with Crippen molar-refractivity contribution in [3.8, 4) is 5.75 Å². The highest BCUT2D eigenvalue weighted by molar-refractivity contribution is 6.40. The number of nitrogens with zero attached hydrogens (tertiary/aromatic N) is 3. The van der Waals surface area contributed by atoms with Crippen molar-refractivity contribution in [2.45, 2.75) is 25.8 Å². The van der Waals surface area contributed by atoms with Crippen LogP contribution in [0.5, 0.6) is 5.75 Å². The molecule has 0 bridgehead atoms. The van der Waals surface area contributed by atoms with Crippen molar-refractivity contribution in [3.63, 3.8) is 0 Å². The maximum Gasteiger partial charge on any atom is 0.329 e. The zero-order valence-electron chi connectivity index (χ0n) is 17.2. The minimum absolute atomic E-state index is 0.152. The highest BCUT2D eigenvalue weighted by Gasteiger charge is 2.16. The molecule has 0 aliphatic heterocycles. The molecule has 1 heterocycles. The largest absolute Gasteiger partial charge is 0.489 e. The Labute approximate surface area is 200 Å². The summed E-state index contributed by atoms with van der Waals surface area (Å²) in [4.78, 5) is 37.8. The Morgan fingerprint density at radius 3 is 2.28 bits per heavy atom. The number of imidazole rings is 1. The monoisotopic (exact) mass is 507 g/mol. The van der Waals surface area contributed by atoms with Crippen molar-refractivity contribution < 1.29 is 24.2 Å². The Morgan fingerprint density at radius 1 is 1.22 bits per heavy atom. The van der Waals surface area contributed by atoms with Gasteiger partial charge in [-0.25, -0.2) is 9.78 Å². The quantitative estimate of drug-likeness (QED) is 0.470. The summed E-state index contributed by atoms with van der Waals surface area (Å²) >= 11 is 18.0. The minimum atomic E-state index is -1.21. The average Bonchev–Trinajstić information content (AvgIpc) is 3.23. The number of amides is 2. The summed E-state index contributed by atoms with van der Waals surface area (Å²) < 4.78 is 7.05. The highest BCUT2D eigenvalue weighted by Crippen LogP contribution is 2.35. The average molecular weight is 509 g/mol. The Bertz CT molecular complexity index is 888. The molecule has 32 heavy (non-hydrogen) atoms. The predicted octanol–water partition coefficient (Wildman–Crippen LogP) is 2.88. The van der Waals surface area contributed by atoms with Crippen LogP contribution < -0.4 is 16.2 Å². The minimum Gasteiger partial charge on any atom is -0.489 e. The summed E-state index contributed by atoms with van der Waals surface area (Å²) in [6.45, 7) is 3.28. The molecule has 5 N–H and O–H groups in total. The van der Waals surface area contributed by atoms with Crippen LogP contribution in [-0.2, 0) is 9.59 Å². The van der Waals surface area contributed by atoms with E-state index < -0.39 is 17.9 Å². The summed E-state index contributed by atoms with van der Waals surface area (Å²) in [5, 5.41) is 9.21. The molecule has 0 aliphatic rings. The lowest BCUT2D eigenvalue weighted by Gasteiger charge is -2.22. The number of ether oxygens (including phenoxy) is 1. The molecule has 2 amide bonds. The maximum atomic E-state index is 12.3. The molecule has 1 aromatic carbocycles. The van der Waals surface area contributed by atoms with Crippen molar-refractivity contribution in [1.29, 1.82) is 0 Å². The van der Waals surface area contributed by atoms with Gasteiger partial charge in [-0.3, -0.25) is 14.2 Å². The number of hydrogen-bond donors (Lipinski definition) is 3. The van der Waals surface area contributed by atoms with Crippen molar-refractivity contribution in [1.82, 2.24) is 14.5 Å². The van der Waals surface area contributed by atoms with Gasteiger partial charge in [-0.15, -0.1) is 0 Å². The first kappa shape index (κ1) is 27.5. The predicted molar refractivity (Wildman–Crippen MR) is 121 cm³/mol. The molecule has 0 radical (unpaired) electrons. The number of primary amides is 1. The molecule has 176 valence electrons. The van der Waals surface area contributed by atoms with Crippen molar-refractivity contribution in [2.24, 2.45) is 11.5 Å². The van der Waals surface area contributed by atoms with Gasteiger partial charge >= 0.3 is 12.0 Å². The molecule has 10 nitrogen and oxygen atoms in total. The number of aromatic nitrogens is 2. The molecule has 0 saturated heterocycles. The summed E-state index contributed by atoms with van der Waals surface area (Å²) in [6, 6.07) is 1.80. The molecular formula is C19H24Cl3N5O5. The molecule has 1 aromatic heterocycles. The number of aliphatic carboxylic acids is 1. The van der Waals surface area contributed by atoms with Crippen LogP contribution in [0.15, 0.2) is 30.9 Å². The number of carboxylic acids is 1. The van der Waals surface area contributed by atoms with Gasteiger partial charge in [0.25, 0.3) is 0 Å². The molecular weight excluding hydrogens is 485 g/mol. The van der Waals surface area contributed by atoms with Crippen molar-refractivity contribution >= 4 is 52.7 Å². The smallest absolute Gasteiger partial charge is 0.329 e. The van der Waals surface area contributed by atoms with Crippen LogP contribution in [0.1, 0.15) is 19.8 Å². The molecule has 0 aliphatic carbocycles. The van der Waals surface area contributed by atoms with E-state index in [1.807, 2.05) is 6.92 Å². The van der Waals surface area contributed by atoms with Gasteiger partial charge in [0, 0.05) is 24.0 Å². The van der Waals surface area contributed by atoms with Crippen LogP contribution in [0, 0.1) is 0 Å². The van der Waals surface area contributed by atoms with E-state index in [9.17, 15) is 14.4 Å². The van der Waals surface area contributed by atoms with Crippen molar-refractivity contribution in [3.05, 3.63) is 45.9 Å². The molecule has 1 atom stereocenters. The normalized spacial score (nSPS) is 11.2. The zero-order chi connectivity index (χ0) is 24.3. The second-order valence-electron chi connectivity index (χ2n) is 6.40. The summed E-state index contributed by atoms with van der Waals surface area (Å²) in [7, 11) is 0. The number of carbonyl (C=O) groups is 3. The number of hydrogen-bond acceptors (Lipinski definition) is 6. The van der Waals surface area contributed by atoms with Crippen LogP contribution in [0.25, 0.3) is 0 Å². The number of halogens is 3. The molecule has 2 aromatic rings. The number of rotatable bonds is 9. The zero-order valence-corrected chi connectivity index (χ0v) is 19.5. The molecule has 0 spiro atoms. The fourth-order valence-electron chi connectivity index (χ4n) is 2.34. The molecule has 0 fully saturated rings. The van der Waals surface area contributed by atoms with Crippen LogP contribution >= 0.6 is 34.8 Å². The fourth-order valence-corrected chi connectivity index (χ4v) is 3.26. The lowest BCUT2D eigenvalue weighted by Crippen LogP contribution is -2.37.